The van der Waals surface area contributed by atoms with Gasteiger partial charge in [-0.15, -0.1) is 0 Å². The van der Waals surface area contributed by atoms with Gasteiger partial charge < -0.3 is 10.4 Å². The quantitative estimate of drug-likeness (QED) is 0.768. The van der Waals surface area contributed by atoms with E-state index >= 15 is 0 Å². The highest BCUT2D eigenvalue weighted by atomic mass is 16.4. The highest BCUT2D eigenvalue weighted by molar-refractivity contribution is 5.90. The molecule has 0 bridgehead atoms. The Kier molecular flexibility index (Phi) is 3.72. The van der Waals surface area contributed by atoms with Gasteiger partial charge >= 0.3 is 5.97 Å². The summed E-state index contributed by atoms with van der Waals surface area (Å²) in [7, 11) is 0. The molecule has 16 heavy (non-hydrogen) atoms. The normalized spacial score (nSPS) is 11.4. The fraction of sp³-hybridized carbons (Fsp3) is 0.308. The standard InChI is InChI=1S/C13H17NO2/c1-5-11(13(15)16)14-12-9(3)7-6-8(2)10(12)4/h5-7,14H,1-4H3,(H,15,16)/b11-5-. The minimum absolute atomic E-state index is 0.205. The Hall–Kier alpha value is -1.77. The molecule has 0 amide bonds. The molecule has 0 fully saturated rings. The molecule has 0 unspecified atom stereocenters. The van der Waals surface area contributed by atoms with E-state index < -0.39 is 5.97 Å². The van der Waals surface area contributed by atoms with Crippen molar-refractivity contribution in [1.29, 1.82) is 0 Å². The molecule has 1 aromatic carbocycles. The van der Waals surface area contributed by atoms with E-state index in [2.05, 4.69) is 5.32 Å². The van der Waals surface area contributed by atoms with Crippen molar-refractivity contribution in [3.05, 3.63) is 40.6 Å². The number of nitrogens with one attached hydrogen (secondary N) is 1. The van der Waals surface area contributed by atoms with Crippen molar-refractivity contribution in [1.82, 2.24) is 0 Å². The molecular formula is C13H17NO2. The largest absolute Gasteiger partial charge is 0.477 e. The summed E-state index contributed by atoms with van der Waals surface area (Å²) in [6, 6.07) is 4.02. The van der Waals surface area contributed by atoms with Crippen LogP contribution in [0, 0.1) is 20.8 Å². The van der Waals surface area contributed by atoms with Crippen LogP contribution in [0.2, 0.25) is 0 Å². The van der Waals surface area contributed by atoms with Crippen molar-refractivity contribution in [3.8, 4) is 0 Å². The molecule has 2 N–H and O–H groups in total. The lowest BCUT2D eigenvalue weighted by Crippen LogP contribution is -2.12. The zero-order valence-corrected chi connectivity index (χ0v) is 10.1. The van der Waals surface area contributed by atoms with Gasteiger partial charge in [0.25, 0.3) is 0 Å². The maximum Gasteiger partial charge on any atom is 0.351 e. The highest BCUT2D eigenvalue weighted by Gasteiger charge is 2.10. The fourth-order valence-corrected chi connectivity index (χ4v) is 1.53. The molecule has 0 spiro atoms. The van der Waals surface area contributed by atoms with E-state index in [0.717, 1.165) is 22.4 Å². The van der Waals surface area contributed by atoms with Crippen molar-refractivity contribution >= 4 is 11.7 Å². The second-order valence-electron chi connectivity index (χ2n) is 3.83. The second-order valence-corrected chi connectivity index (χ2v) is 3.83. The van der Waals surface area contributed by atoms with E-state index in [9.17, 15) is 4.79 Å². The lowest BCUT2D eigenvalue weighted by Gasteiger charge is -2.14. The van der Waals surface area contributed by atoms with Crippen LogP contribution in [0.15, 0.2) is 23.9 Å². The van der Waals surface area contributed by atoms with Gasteiger partial charge in [-0.25, -0.2) is 4.79 Å². The highest BCUT2D eigenvalue weighted by Crippen LogP contribution is 2.24. The molecular weight excluding hydrogens is 202 g/mol. The predicted molar refractivity (Wildman–Crippen MR) is 65.7 cm³/mol. The monoisotopic (exact) mass is 219 g/mol. The lowest BCUT2D eigenvalue weighted by atomic mass is 10.0. The zero-order valence-electron chi connectivity index (χ0n) is 10.1. The van der Waals surface area contributed by atoms with Crippen LogP contribution in [0.5, 0.6) is 0 Å². The van der Waals surface area contributed by atoms with Crippen molar-refractivity contribution in [2.24, 2.45) is 0 Å². The molecule has 0 aliphatic carbocycles. The SMILES string of the molecule is C/C=C(\Nc1c(C)ccc(C)c1C)C(=O)O. The van der Waals surface area contributed by atoms with Crippen molar-refractivity contribution in [2.45, 2.75) is 27.7 Å². The van der Waals surface area contributed by atoms with E-state index in [0.29, 0.717) is 0 Å². The van der Waals surface area contributed by atoms with Crippen molar-refractivity contribution in [2.75, 3.05) is 5.32 Å². The number of hydrogen-bond donors (Lipinski definition) is 2. The van der Waals surface area contributed by atoms with Gasteiger partial charge in [0.15, 0.2) is 0 Å². The first-order valence-corrected chi connectivity index (χ1v) is 5.20. The first kappa shape index (κ1) is 12.3. The molecule has 0 atom stereocenters. The summed E-state index contributed by atoms with van der Waals surface area (Å²) in [5.41, 5.74) is 4.37. The Morgan fingerprint density at radius 1 is 1.25 bits per heavy atom. The Morgan fingerprint density at radius 3 is 2.31 bits per heavy atom. The minimum atomic E-state index is -0.942. The zero-order chi connectivity index (χ0) is 12.3. The summed E-state index contributed by atoms with van der Waals surface area (Å²) in [5, 5.41) is 11.9. The van der Waals surface area contributed by atoms with Crippen LogP contribution in [-0.4, -0.2) is 11.1 Å². The summed E-state index contributed by atoms with van der Waals surface area (Å²) >= 11 is 0. The minimum Gasteiger partial charge on any atom is -0.477 e. The summed E-state index contributed by atoms with van der Waals surface area (Å²) in [5.74, 6) is -0.942. The Balaban J connectivity index is 3.15. The van der Waals surface area contributed by atoms with Gasteiger partial charge in [0.1, 0.15) is 5.70 Å². The van der Waals surface area contributed by atoms with Crippen molar-refractivity contribution in [3.63, 3.8) is 0 Å². The molecule has 1 aromatic rings. The maximum atomic E-state index is 10.9. The van der Waals surface area contributed by atoms with E-state index in [1.807, 2.05) is 32.9 Å². The van der Waals surface area contributed by atoms with Crippen LogP contribution < -0.4 is 5.32 Å². The molecule has 0 saturated heterocycles. The third kappa shape index (κ3) is 2.42. The second kappa shape index (κ2) is 4.84. The predicted octanol–water partition coefficient (Wildman–Crippen LogP) is 3.01. The molecule has 0 aromatic heterocycles. The number of carboxylic acids is 1. The van der Waals surface area contributed by atoms with Gasteiger partial charge in [-0.1, -0.05) is 18.2 Å². The first-order chi connectivity index (χ1) is 7.47. The molecule has 86 valence electrons. The summed E-state index contributed by atoms with van der Waals surface area (Å²) < 4.78 is 0. The summed E-state index contributed by atoms with van der Waals surface area (Å²) in [4.78, 5) is 10.9. The van der Waals surface area contributed by atoms with E-state index in [1.54, 1.807) is 13.0 Å². The maximum absolute atomic E-state index is 10.9. The Bertz CT molecular complexity index is 447. The van der Waals surface area contributed by atoms with Crippen LogP contribution in [0.4, 0.5) is 5.69 Å². The van der Waals surface area contributed by atoms with Gasteiger partial charge in [0.2, 0.25) is 0 Å². The Morgan fingerprint density at radius 2 is 1.81 bits per heavy atom. The third-order valence-corrected chi connectivity index (χ3v) is 2.72. The number of aliphatic carboxylic acids is 1. The number of carboxylic acid groups (broad SMARTS) is 1. The molecule has 0 aliphatic heterocycles. The molecule has 3 heteroatoms. The van der Waals surface area contributed by atoms with Crippen LogP contribution in [0.1, 0.15) is 23.6 Å². The van der Waals surface area contributed by atoms with Crippen LogP contribution in [0.25, 0.3) is 0 Å². The summed E-state index contributed by atoms with van der Waals surface area (Å²) in [6.07, 6.45) is 1.56. The molecule has 1 rings (SSSR count). The first-order valence-electron chi connectivity index (χ1n) is 5.20. The number of carbonyl (C=O) groups is 1. The number of rotatable bonds is 3. The van der Waals surface area contributed by atoms with Gasteiger partial charge in [-0.3, -0.25) is 0 Å². The molecule has 3 nitrogen and oxygen atoms in total. The lowest BCUT2D eigenvalue weighted by molar-refractivity contribution is -0.132. The van der Waals surface area contributed by atoms with Gasteiger partial charge in [-0.05, 0) is 44.4 Å². The third-order valence-electron chi connectivity index (χ3n) is 2.72. The number of allylic oxidation sites excluding steroid dienone is 1. The van der Waals surface area contributed by atoms with E-state index in [4.69, 9.17) is 5.11 Å². The average molecular weight is 219 g/mol. The van der Waals surface area contributed by atoms with Crippen LogP contribution in [0.3, 0.4) is 0 Å². The van der Waals surface area contributed by atoms with E-state index in [-0.39, 0.29) is 5.70 Å². The van der Waals surface area contributed by atoms with Crippen LogP contribution in [-0.2, 0) is 4.79 Å². The van der Waals surface area contributed by atoms with E-state index in [1.165, 1.54) is 0 Å². The number of anilines is 1. The Labute approximate surface area is 95.8 Å². The number of hydrogen-bond acceptors (Lipinski definition) is 2. The van der Waals surface area contributed by atoms with Gasteiger partial charge in [-0.2, -0.15) is 0 Å². The number of aryl methyl sites for hydroxylation is 2. The van der Waals surface area contributed by atoms with Crippen LogP contribution >= 0.6 is 0 Å². The molecule has 0 radical (unpaired) electrons. The average Bonchev–Trinajstić information content (AvgIpc) is 2.23. The van der Waals surface area contributed by atoms with Gasteiger partial charge in [0.05, 0.1) is 0 Å². The summed E-state index contributed by atoms with van der Waals surface area (Å²) in [6.45, 7) is 7.66. The smallest absolute Gasteiger partial charge is 0.351 e. The molecule has 0 aliphatic rings. The van der Waals surface area contributed by atoms with Crippen molar-refractivity contribution < 1.29 is 9.90 Å². The molecule has 0 heterocycles. The number of benzene rings is 1. The van der Waals surface area contributed by atoms with Gasteiger partial charge in [0, 0.05) is 5.69 Å². The fourth-order valence-electron chi connectivity index (χ4n) is 1.53. The topological polar surface area (TPSA) is 49.3 Å². The molecule has 0 saturated carbocycles.